The molecule has 2 fully saturated rings. The molecule has 3 rings (SSSR count). The smallest absolute Gasteiger partial charge is 0.296 e. The molecule has 5 nitrogen and oxygen atoms in total. The van der Waals surface area contributed by atoms with E-state index in [1.165, 1.54) is 31.7 Å². The Balaban J connectivity index is 0.000000730. The van der Waals surface area contributed by atoms with Crippen LogP contribution in [0.15, 0.2) is 18.2 Å². The van der Waals surface area contributed by atoms with E-state index < -0.39 is 0 Å². The van der Waals surface area contributed by atoms with Crippen molar-refractivity contribution in [1.29, 1.82) is 0 Å². The first kappa shape index (κ1) is 21.6. The van der Waals surface area contributed by atoms with Crippen LogP contribution >= 0.6 is 11.8 Å². The van der Waals surface area contributed by atoms with E-state index >= 15 is 0 Å². The molecule has 0 saturated heterocycles. The van der Waals surface area contributed by atoms with Crippen LogP contribution in [0.5, 0.6) is 5.75 Å². The minimum atomic E-state index is -0.383. The van der Waals surface area contributed by atoms with Crippen LogP contribution in [0.2, 0.25) is 0 Å². The van der Waals surface area contributed by atoms with Crippen molar-refractivity contribution in [3.05, 3.63) is 28.3 Å². The van der Waals surface area contributed by atoms with Crippen LogP contribution in [0.1, 0.15) is 60.3 Å². The van der Waals surface area contributed by atoms with E-state index in [2.05, 4.69) is 12.2 Å². The van der Waals surface area contributed by atoms with Gasteiger partial charge in [-0.3, -0.25) is 10.1 Å². The third-order valence-corrected chi connectivity index (χ3v) is 6.03. The minimum absolute atomic E-state index is 0.0571. The first-order valence-corrected chi connectivity index (χ1v) is 10.1. The second kappa shape index (κ2) is 9.32. The molecule has 142 valence electrons. The van der Waals surface area contributed by atoms with Crippen LogP contribution in [0, 0.1) is 10.1 Å². The summed E-state index contributed by atoms with van der Waals surface area (Å²) >= 11 is 2.05. The number of nitro groups is 1. The molecule has 6 heteroatoms. The topological polar surface area (TPSA) is 64.4 Å². The molecule has 0 unspecified atom stereocenters. The Morgan fingerprint density at radius 2 is 1.80 bits per heavy atom. The number of nitro benzene ring substituents is 1. The number of thioether (sulfide) groups is 1. The molecule has 0 aliphatic heterocycles. The van der Waals surface area contributed by atoms with Gasteiger partial charge in [0.2, 0.25) is 0 Å². The van der Waals surface area contributed by atoms with Crippen LogP contribution in [-0.2, 0) is 0 Å². The van der Waals surface area contributed by atoms with Crippen molar-refractivity contribution in [3.63, 3.8) is 0 Å². The van der Waals surface area contributed by atoms with Crippen molar-refractivity contribution in [1.82, 2.24) is 0 Å². The number of benzene rings is 1. The molecule has 0 bridgehead atoms. The van der Waals surface area contributed by atoms with E-state index in [1.807, 2.05) is 39.5 Å². The predicted molar refractivity (Wildman–Crippen MR) is 108 cm³/mol. The third kappa shape index (κ3) is 5.80. The largest absolute Gasteiger partial charge is 0.490 e. The minimum Gasteiger partial charge on any atom is -0.490 e. The highest BCUT2D eigenvalue weighted by Crippen LogP contribution is 2.61. The van der Waals surface area contributed by atoms with Crippen molar-refractivity contribution in [2.75, 3.05) is 19.0 Å². The van der Waals surface area contributed by atoms with Crippen LogP contribution in [-0.4, -0.2) is 28.1 Å². The van der Waals surface area contributed by atoms with E-state index in [4.69, 9.17) is 4.74 Å². The predicted octanol–water partition coefficient (Wildman–Crippen LogP) is 5.89. The van der Waals surface area contributed by atoms with Gasteiger partial charge in [0, 0.05) is 17.9 Å². The molecule has 2 aliphatic rings. The molecule has 0 radical (unpaired) electrons. The molecule has 1 aromatic rings. The Morgan fingerprint density at radius 3 is 2.24 bits per heavy atom. The number of anilines is 1. The van der Waals surface area contributed by atoms with Gasteiger partial charge in [-0.15, -0.1) is 11.8 Å². The Kier molecular flexibility index (Phi) is 8.06. The SMILES string of the molecule is CC.CC.CNc1c(OCC2(SC3(C)CC3)CC2)cccc1[N+](=O)[O-]. The Hall–Kier alpha value is -1.43. The number of rotatable bonds is 7. The van der Waals surface area contributed by atoms with E-state index in [0.29, 0.717) is 22.8 Å². The zero-order chi connectivity index (χ0) is 19.1. The van der Waals surface area contributed by atoms with Crippen LogP contribution in [0.25, 0.3) is 0 Å². The molecule has 0 aromatic heterocycles. The van der Waals surface area contributed by atoms with E-state index in [-0.39, 0.29) is 15.4 Å². The van der Waals surface area contributed by atoms with Gasteiger partial charge in [0.25, 0.3) is 5.69 Å². The molecule has 0 amide bonds. The van der Waals surface area contributed by atoms with Crippen molar-refractivity contribution in [2.24, 2.45) is 0 Å². The molecule has 25 heavy (non-hydrogen) atoms. The summed E-state index contributed by atoms with van der Waals surface area (Å²) in [5, 5.41) is 13.9. The average Bonchev–Trinajstić information content (AvgIpc) is 3.56. The fourth-order valence-electron chi connectivity index (χ4n) is 2.47. The quantitative estimate of drug-likeness (QED) is 0.480. The Labute approximate surface area is 156 Å². The molecule has 2 saturated carbocycles. The van der Waals surface area contributed by atoms with Gasteiger partial charge in [-0.05, 0) is 31.7 Å². The van der Waals surface area contributed by atoms with Gasteiger partial charge in [-0.25, -0.2) is 0 Å². The molecule has 0 heterocycles. The molecule has 2 aliphatic carbocycles. The van der Waals surface area contributed by atoms with Gasteiger partial charge in [-0.1, -0.05) is 40.7 Å². The van der Waals surface area contributed by atoms with Gasteiger partial charge >= 0.3 is 0 Å². The Morgan fingerprint density at radius 1 is 1.20 bits per heavy atom. The fourth-order valence-corrected chi connectivity index (χ4v) is 4.24. The lowest BCUT2D eigenvalue weighted by Crippen LogP contribution is -2.20. The van der Waals surface area contributed by atoms with Crippen LogP contribution in [0.3, 0.4) is 0 Å². The normalized spacial score (nSPS) is 17.8. The van der Waals surface area contributed by atoms with Crippen molar-refractivity contribution in [3.8, 4) is 5.75 Å². The van der Waals surface area contributed by atoms with Gasteiger partial charge in [0.1, 0.15) is 12.4 Å². The average molecular weight is 369 g/mol. The summed E-state index contributed by atoms with van der Waals surface area (Å²) in [5.74, 6) is 0.569. The number of para-hydroxylation sites is 1. The van der Waals surface area contributed by atoms with Gasteiger partial charge < -0.3 is 10.1 Å². The first-order chi connectivity index (χ1) is 12.0. The van der Waals surface area contributed by atoms with Crippen molar-refractivity contribution >= 4 is 23.1 Å². The summed E-state index contributed by atoms with van der Waals surface area (Å²) in [4.78, 5) is 10.7. The maximum Gasteiger partial charge on any atom is 0.296 e. The number of ether oxygens (including phenoxy) is 1. The maximum atomic E-state index is 11.0. The summed E-state index contributed by atoms with van der Waals surface area (Å²) in [6.07, 6.45) is 4.93. The highest BCUT2D eigenvalue weighted by atomic mass is 32.2. The zero-order valence-electron chi connectivity index (χ0n) is 16.3. The van der Waals surface area contributed by atoms with Gasteiger partial charge in [-0.2, -0.15) is 0 Å². The van der Waals surface area contributed by atoms with Gasteiger partial charge in [0.15, 0.2) is 5.69 Å². The number of nitrogens with zero attached hydrogens (tertiary/aromatic N) is 1. The lowest BCUT2D eigenvalue weighted by molar-refractivity contribution is -0.384. The second-order valence-corrected chi connectivity index (χ2v) is 8.24. The van der Waals surface area contributed by atoms with E-state index in [9.17, 15) is 10.1 Å². The van der Waals surface area contributed by atoms with E-state index in [1.54, 1.807) is 19.2 Å². The van der Waals surface area contributed by atoms with E-state index in [0.717, 1.165) is 0 Å². The van der Waals surface area contributed by atoms with Gasteiger partial charge in [0.05, 0.1) is 9.67 Å². The highest BCUT2D eigenvalue weighted by Gasteiger charge is 2.53. The highest BCUT2D eigenvalue weighted by molar-refractivity contribution is 8.02. The monoisotopic (exact) mass is 368 g/mol. The van der Waals surface area contributed by atoms with Crippen LogP contribution in [0.4, 0.5) is 11.4 Å². The van der Waals surface area contributed by atoms with Crippen LogP contribution < -0.4 is 10.1 Å². The van der Waals surface area contributed by atoms with Crippen molar-refractivity contribution < 1.29 is 9.66 Å². The summed E-state index contributed by atoms with van der Waals surface area (Å²) < 4.78 is 6.59. The molecule has 0 atom stereocenters. The number of hydrogen-bond donors (Lipinski definition) is 1. The molecule has 1 N–H and O–H groups in total. The fraction of sp³-hybridized carbons (Fsp3) is 0.684. The maximum absolute atomic E-state index is 11.0. The third-order valence-electron chi connectivity index (χ3n) is 4.17. The molecule has 1 aromatic carbocycles. The number of nitrogens with one attached hydrogen (secondary N) is 1. The number of hydrogen-bond acceptors (Lipinski definition) is 5. The summed E-state index contributed by atoms with van der Waals surface area (Å²) in [6.45, 7) is 10.9. The van der Waals surface area contributed by atoms with Crippen molar-refractivity contribution in [2.45, 2.75) is 69.8 Å². The summed E-state index contributed by atoms with van der Waals surface area (Å²) in [6, 6.07) is 4.95. The molecule has 0 spiro atoms. The lowest BCUT2D eigenvalue weighted by Gasteiger charge is -2.20. The Bertz CT molecular complexity index is 570. The standard InChI is InChI=1S/C15H20N2O3S.2C2H6/c1-14(6-7-14)21-15(8-9-15)10-20-12-5-3-4-11(17(18)19)13(12)16-2;2*1-2/h3-5,16H,6-10H2,1-2H3;2*1-2H3. The molecular formula is C19H32N2O3S. The first-order valence-electron chi connectivity index (χ1n) is 9.25. The summed E-state index contributed by atoms with van der Waals surface area (Å²) in [7, 11) is 1.68. The zero-order valence-corrected chi connectivity index (χ0v) is 17.2. The second-order valence-electron chi connectivity index (χ2n) is 6.18. The lowest BCUT2D eigenvalue weighted by atomic mass is 10.2. The molecular weight excluding hydrogens is 336 g/mol. The summed E-state index contributed by atoms with van der Waals surface area (Å²) in [5.41, 5.74) is 0.516.